The molecule has 1 fully saturated rings. The van der Waals surface area contributed by atoms with E-state index in [1.54, 1.807) is 0 Å². The highest BCUT2D eigenvalue weighted by atomic mass is 35.5. The summed E-state index contributed by atoms with van der Waals surface area (Å²) >= 11 is 6.03. The monoisotopic (exact) mass is 367 g/mol. The Morgan fingerprint density at radius 1 is 1.15 bits per heavy atom. The van der Waals surface area contributed by atoms with Crippen molar-refractivity contribution in [3.05, 3.63) is 70.6 Å². The molecule has 5 heteroatoms. The molecular formula is C21H22ClN3O. The standard InChI is InChI=1S/C21H22ClN3O/c1-15-20(25-13-5-3-7-19(25)23-15)21(26)24-12-4-2-6-17(14-24)16-8-10-18(22)11-9-16/h3,5,7-11,13,17H,2,4,6,12,14H2,1H3. The lowest BCUT2D eigenvalue weighted by atomic mass is 9.94. The van der Waals surface area contributed by atoms with E-state index in [0.29, 0.717) is 11.6 Å². The molecule has 3 aromatic rings. The first-order valence-corrected chi connectivity index (χ1v) is 9.49. The zero-order valence-corrected chi connectivity index (χ0v) is 15.6. The number of carbonyl (C=O) groups excluding carboxylic acids is 1. The van der Waals surface area contributed by atoms with Crippen molar-refractivity contribution < 1.29 is 4.79 Å². The van der Waals surface area contributed by atoms with Crippen molar-refractivity contribution in [3.63, 3.8) is 0 Å². The van der Waals surface area contributed by atoms with Crippen LogP contribution in [-0.2, 0) is 0 Å². The highest BCUT2D eigenvalue weighted by Crippen LogP contribution is 2.28. The second-order valence-electron chi connectivity index (χ2n) is 6.97. The second kappa shape index (κ2) is 7.12. The van der Waals surface area contributed by atoms with Crippen LogP contribution in [0.4, 0.5) is 0 Å². The fourth-order valence-electron chi connectivity index (χ4n) is 3.85. The molecule has 1 atom stereocenters. The van der Waals surface area contributed by atoms with Crippen LogP contribution in [-0.4, -0.2) is 33.3 Å². The van der Waals surface area contributed by atoms with Gasteiger partial charge in [-0.2, -0.15) is 0 Å². The van der Waals surface area contributed by atoms with Gasteiger partial charge in [-0.15, -0.1) is 0 Å². The molecule has 1 aliphatic heterocycles. The molecule has 3 heterocycles. The maximum absolute atomic E-state index is 13.3. The number of pyridine rings is 1. The van der Waals surface area contributed by atoms with Gasteiger partial charge in [-0.25, -0.2) is 4.98 Å². The third kappa shape index (κ3) is 3.21. The predicted molar refractivity (Wildman–Crippen MR) is 104 cm³/mol. The first kappa shape index (κ1) is 17.1. The molecule has 2 aromatic heterocycles. The van der Waals surface area contributed by atoms with E-state index in [2.05, 4.69) is 17.1 Å². The number of rotatable bonds is 2. The zero-order valence-electron chi connectivity index (χ0n) is 14.9. The van der Waals surface area contributed by atoms with Crippen LogP contribution >= 0.6 is 11.6 Å². The van der Waals surface area contributed by atoms with Gasteiger partial charge in [0.25, 0.3) is 5.91 Å². The number of amides is 1. The lowest BCUT2D eigenvalue weighted by molar-refractivity contribution is 0.0746. The molecule has 134 valence electrons. The van der Waals surface area contributed by atoms with Gasteiger partial charge >= 0.3 is 0 Å². The molecule has 1 aliphatic rings. The second-order valence-corrected chi connectivity index (χ2v) is 7.41. The van der Waals surface area contributed by atoms with Crippen molar-refractivity contribution in [2.75, 3.05) is 13.1 Å². The van der Waals surface area contributed by atoms with Crippen LogP contribution in [0.2, 0.25) is 5.02 Å². The van der Waals surface area contributed by atoms with Gasteiger partial charge in [0.2, 0.25) is 0 Å². The molecule has 1 unspecified atom stereocenters. The van der Waals surface area contributed by atoms with E-state index >= 15 is 0 Å². The maximum atomic E-state index is 13.3. The number of benzene rings is 1. The van der Waals surface area contributed by atoms with Crippen LogP contribution in [0.5, 0.6) is 0 Å². The fourth-order valence-corrected chi connectivity index (χ4v) is 3.98. The van der Waals surface area contributed by atoms with Crippen molar-refractivity contribution in [1.82, 2.24) is 14.3 Å². The summed E-state index contributed by atoms with van der Waals surface area (Å²) < 4.78 is 1.90. The predicted octanol–water partition coefficient (Wildman–Crippen LogP) is 4.71. The fraction of sp³-hybridized carbons (Fsp3) is 0.333. The Balaban J connectivity index is 1.64. The van der Waals surface area contributed by atoms with Crippen LogP contribution in [0.1, 0.15) is 46.9 Å². The number of nitrogens with zero attached hydrogens (tertiary/aromatic N) is 3. The van der Waals surface area contributed by atoms with Crippen molar-refractivity contribution >= 4 is 23.2 Å². The number of imidazole rings is 1. The topological polar surface area (TPSA) is 37.6 Å². The molecule has 4 rings (SSSR count). The number of likely N-dealkylation sites (tertiary alicyclic amines) is 1. The number of aryl methyl sites for hydroxylation is 1. The molecule has 0 bridgehead atoms. The molecule has 1 aromatic carbocycles. The minimum absolute atomic E-state index is 0.0714. The van der Waals surface area contributed by atoms with Crippen molar-refractivity contribution in [1.29, 1.82) is 0 Å². The highest BCUT2D eigenvalue weighted by Gasteiger charge is 2.27. The minimum Gasteiger partial charge on any atom is -0.337 e. The van der Waals surface area contributed by atoms with E-state index in [9.17, 15) is 4.79 Å². The Labute approximate surface area is 158 Å². The van der Waals surface area contributed by atoms with Gasteiger partial charge in [0.05, 0.1) is 5.69 Å². The molecule has 0 N–H and O–H groups in total. The van der Waals surface area contributed by atoms with E-state index in [1.807, 2.05) is 52.8 Å². The van der Waals surface area contributed by atoms with E-state index in [1.165, 1.54) is 5.56 Å². The number of hydrogen-bond acceptors (Lipinski definition) is 2. The Bertz CT molecular complexity index is 932. The van der Waals surface area contributed by atoms with Crippen LogP contribution in [0.3, 0.4) is 0 Å². The molecule has 4 nitrogen and oxygen atoms in total. The molecule has 0 spiro atoms. The molecule has 0 saturated carbocycles. The SMILES string of the molecule is Cc1nc2ccccn2c1C(=O)N1CCCCC(c2ccc(Cl)cc2)C1. The third-order valence-electron chi connectivity index (χ3n) is 5.21. The third-order valence-corrected chi connectivity index (χ3v) is 5.46. The highest BCUT2D eigenvalue weighted by molar-refractivity contribution is 6.30. The summed E-state index contributed by atoms with van der Waals surface area (Å²) in [5.41, 5.74) is 3.53. The molecular weight excluding hydrogens is 346 g/mol. The van der Waals surface area contributed by atoms with Gasteiger partial charge in [-0.05, 0) is 49.6 Å². The summed E-state index contributed by atoms with van der Waals surface area (Å²) in [6.07, 6.45) is 5.17. The number of halogens is 1. The maximum Gasteiger partial charge on any atom is 0.272 e. The summed E-state index contributed by atoms with van der Waals surface area (Å²) in [6, 6.07) is 13.8. The average Bonchev–Trinajstić information content (AvgIpc) is 2.81. The lowest BCUT2D eigenvalue weighted by Gasteiger charge is -2.25. The summed E-state index contributed by atoms with van der Waals surface area (Å²) in [5, 5.41) is 0.747. The quantitative estimate of drug-likeness (QED) is 0.658. The number of fused-ring (bicyclic) bond motifs is 1. The Morgan fingerprint density at radius 2 is 1.96 bits per heavy atom. The number of aromatic nitrogens is 2. The first-order chi connectivity index (χ1) is 12.6. The van der Waals surface area contributed by atoms with E-state index in [-0.39, 0.29) is 5.91 Å². The largest absolute Gasteiger partial charge is 0.337 e. The molecule has 0 radical (unpaired) electrons. The Hall–Kier alpha value is -2.33. The van der Waals surface area contributed by atoms with Gasteiger partial charge < -0.3 is 4.90 Å². The van der Waals surface area contributed by atoms with E-state index < -0.39 is 0 Å². The molecule has 1 amide bonds. The zero-order chi connectivity index (χ0) is 18.1. The molecule has 26 heavy (non-hydrogen) atoms. The number of carbonyl (C=O) groups is 1. The average molecular weight is 368 g/mol. The summed E-state index contributed by atoms with van der Waals surface area (Å²) in [4.78, 5) is 19.9. The normalized spacial score (nSPS) is 18.1. The van der Waals surface area contributed by atoms with Crippen molar-refractivity contribution in [3.8, 4) is 0 Å². The Kier molecular flexibility index (Phi) is 4.68. The van der Waals surface area contributed by atoms with E-state index in [4.69, 9.17) is 11.6 Å². The smallest absolute Gasteiger partial charge is 0.272 e. The minimum atomic E-state index is 0.0714. The van der Waals surface area contributed by atoms with Gasteiger partial charge in [0.15, 0.2) is 0 Å². The summed E-state index contributed by atoms with van der Waals surface area (Å²) in [7, 11) is 0. The van der Waals surface area contributed by atoms with Crippen LogP contribution in [0.15, 0.2) is 48.7 Å². The van der Waals surface area contributed by atoms with Crippen LogP contribution in [0, 0.1) is 6.92 Å². The van der Waals surface area contributed by atoms with Crippen LogP contribution in [0.25, 0.3) is 5.65 Å². The van der Waals surface area contributed by atoms with Gasteiger partial charge in [-0.1, -0.05) is 36.2 Å². The molecule has 0 aliphatic carbocycles. The first-order valence-electron chi connectivity index (χ1n) is 9.12. The lowest BCUT2D eigenvalue weighted by Crippen LogP contribution is -2.35. The van der Waals surface area contributed by atoms with Crippen molar-refractivity contribution in [2.45, 2.75) is 32.1 Å². The summed E-state index contributed by atoms with van der Waals surface area (Å²) in [6.45, 7) is 3.44. The number of hydrogen-bond donors (Lipinski definition) is 0. The Morgan fingerprint density at radius 3 is 2.77 bits per heavy atom. The van der Waals surface area contributed by atoms with E-state index in [0.717, 1.165) is 48.7 Å². The van der Waals surface area contributed by atoms with Crippen molar-refractivity contribution in [2.24, 2.45) is 0 Å². The molecule has 1 saturated heterocycles. The van der Waals surface area contributed by atoms with Gasteiger partial charge in [0, 0.05) is 30.2 Å². The van der Waals surface area contributed by atoms with Gasteiger partial charge in [0.1, 0.15) is 11.3 Å². The van der Waals surface area contributed by atoms with Crippen LogP contribution < -0.4 is 0 Å². The summed E-state index contributed by atoms with van der Waals surface area (Å²) in [5.74, 6) is 0.417. The van der Waals surface area contributed by atoms with Gasteiger partial charge in [-0.3, -0.25) is 9.20 Å².